The summed E-state index contributed by atoms with van der Waals surface area (Å²) in [6, 6.07) is 5.28. The van der Waals surface area contributed by atoms with Crippen LogP contribution in [0.1, 0.15) is 31.1 Å². The molecule has 0 radical (unpaired) electrons. The molecule has 3 heterocycles. The average molecular weight is 428 g/mol. The van der Waals surface area contributed by atoms with Crippen LogP contribution in [0, 0.1) is 5.41 Å². The molecule has 0 saturated heterocycles. The molecule has 0 spiro atoms. The number of halogens is 1. The lowest BCUT2D eigenvalue weighted by Gasteiger charge is -2.16. The summed E-state index contributed by atoms with van der Waals surface area (Å²) in [6.07, 6.45) is 2.86. The molecule has 154 valence electrons. The van der Waals surface area contributed by atoms with Crippen molar-refractivity contribution in [2.45, 2.75) is 27.5 Å². The number of hydrogen-bond acceptors (Lipinski definition) is 6. The largest absolute Gasteiger partial charge is 0.478 e. The fourth-order valence-electron chi connectivity index (χ4n) is 2.95. The number of benzene rings is 1. The highest BCUT2D eigenvalue weighted by molar-refractivity contribution is 6.31. The van der Waals surface area contributed by atoms with Gasteiger partial charge in [0.2, 0.25) is 0 Å². The van der Waals surface area contributed by atoms with Gasteiger partial charge in [-0.05, 0) is 39.0 Å². The van der Waals surface area contributed by atoms with Crippen molar-refractivity contribution in [2.75, 3.05) is 0 Å². The molecule has 0 fully saturated rings. The van der Waals surface area contributed by atoms with E-state index in [2.05, 4.69) is 20.2 Å². The van der Waals surface area contributed by atoms with Gasteiger partial charge in [0.05, 0.1) is 17.1 Å². The second kappa shape index (κ2) is 7.10. The molecule has 3 aromatic heterocycles. The van der Waals surface area contributed by atoms with E-state index >= 15 is 0 Å². The van der Waals surface area contributed by atoms with Gasteiger partial charge in [-0.2, -0.15) is 5.10 Å². The molecule has 0 aliphatic rings. The zero-order chi connectivity index (χ0) is 21.6. The first-order valence-electron chi connectivity index (χ1n) is 9.05. The van der Waals surface area contributed by atoms with Crippen LogP contribution in [-0.4, -0.2) is 41.8 Å². The van der Waals surface area contributed by atoms with E-state index in [4.69, 9.17) is 16.3 Å². The van der Waals surface area contributed by atoms with E-state index in [0.717, 1.165) is 10.9 Å². The highest BCUT2D eigenvalue weighted by Crippen LogP contribution is 2.29. The van der Waals surface area contributed by atoms with E-state index in [1.165, 1.54) is 17.0 Å². The topological polar surface area (TPSA) is 123 Å². The van der Waals surface area contributed by atoms with Gasteiger partial charge in [0.25, 0.3) is 0 Å². The third kappa shape index (κ3) is 3.48. The zero-order valence-corrected chi connectivity index (χ0v) is 17.2. The fourth-order valence-corrected chi connectivity index (χ4v) is 3.12. The van der Waals surface area contributed by atoms with Crippen molar-refractivity contribution in [3.8, 4) is 11.4 Å². The van der Waals surface area contributed by atoms with Gasteiger partial charge in [-0.3, -0.25) is 14.5 Å². The van der Waals surface area contributed by atoms with Gasteiger partial charge in [0.1, 0.15) is 22.5 Å². The van der Waals surface area contributed by atoms with Gasteiger partial charge < -0.3 is 9.84 Å². The van der Waals surface area contributed by atoms with Crippen molar-refractivity contribution in [2.24, 2.45) is 5.41 Å². The molecule has 0 aliphatic carbocycles. The van der Waals surface area contributed by atoms with E-state index in [1.807, 2.05) is 0 Å². The molecule has 0 unspecified atom stereocenters. The molecule has 4 rings (SSSR count). The summed E-state index contributed by atoms with van der Waals surface area (Å²) < 4.78 is 6.74. The second-order valence-electron chi connectivity index (χ2n) is 7.82. The predicted molar refractivity (Wildman–Crippen MR) is 110 cm³/mol. The number of rotatable bonds is 4. The Morgan fingerprint density at radius 1 is 1.30 bits per heavy atom. The highest BCUT2D eigenvalue weighted by atomic mass is 35.5. The molecule has 0 atom stereocenters. The van der Waals surface area contributed by atoms with Crippen molar-refractivity contribution in [3.63, 3.8) is 0 Å². The van der Waals surface area contributed by atoms with E-state index in [1.54, 1.807) is 39.0 Å². The lowest BCUT2D eigenvalue weighted by molar-refractivity contribution is -0.156. The number of carbonyl (C=O) groups is 2. The Bertz CT molecular complexity index is 1300. The molecule has 4 aromatic rings. The van der Waals surface area contributed by atoms with Gasteiger partial charge in [0.15, 0.2) is 12.4 Å². The number of esters is 1. The molecule has 0 aliphatic heterocycles. The molecular formula is C20H18ClN5O4. The first-order valence-corrected chi connectivity index (χ1v) is 9.43. The minimum atomic E-state index is -1.16. The van der Waals surface area contributed by atoms with Crippen LogP contribution in [0.4, 0.5) is 0 Å². The van der Waals surface area contributed by atoms with Gasteiger partial charge in [-0.15, -0.1) is 0 Å². The number of H-pyrrole nitrogens is 1. The molecule has 2 N–H and O–H groups in total. The quantitative estimate of drug-likeness (QED) is 0.474. The average Bonchev–Trinajstić information content (AvgIpc) is 3.25. The molecule has 10 heteroatoms. The number of nitrogens with one attached hydrogen (secondary N) is 1. The van der Waals surface area contributed by atoms with Crippen LogP contribution in [-0.2, 0) is 16.3 Å². The molecule has 1 aromatic carbocycles. The summed E-state index contributed by atoms with van der Waals surface area (Å²) in [6.45, 7) is 5.04. The lowest BCUT2D eigenvalue weighted by atomic mass is 9.98. The molecule has 9 nitrogen and oxygen atoms in total. The van der Waals surface area contributed by atoms with E-state index < -0.39 is 17.4 Å². The maximum atomic E-state index is 12.1. The number of aromatic amines is 1. The van der Waals surface area contributed by atoms with Crippen LogP contribution in [0.25, 0.3) is 33.5 Å². The molecule has 0 amide bonds. The maximum Gasteiger partial charge on any atom is 0.339 e. The van der Waals surface area contributed by atoms with Crippen molar-refractivity contribution in [1.82, 2.24) is 24.7 Å². The van der Waals surface area contributed by atoms with Crippen molar-refractivity contribution in [3.05, 3.63) is 41.2 Å². The summed E-state index contributed by atoms with van der Waals surface area (Å²) in [5, 5.41) is 18.1. The standard InChI is InChI=1S/C20H18ClN5O4/c1-20(2,3)19(29)30-9-26-8-12(18(27)28)16-17(26)22-7-14(23-16)15-11-5-4-10(21)6-13(11)24-25-15/h4-8H,9H2,1-3H3,(H,24,25)(H,27,28). The molecule has 0 bridgehead atoms. The highest BCUT2D eigenvalue weighted by Gasteiger charge is 2.24. The number of carboxylic acids is 1. The Morgan fingerprint density at radius 3 is 2.77 bits per heavy atom. The SMILES string of the molecule is CC(C)(C)C(=O)OCn1cc(C(=O)O)c2nc(-c3n[nH]c4cc(Cl)ccc34)cnc21. The van der Waals surface area contributed by atoms with E-state index in [-0.39, 0.29) is 17.8 Å². The first-order chi connectivity index (χ1) is 14.1. The first kappa shape index (κ1) is 19.8. The smallest absolute Gasteiger partial charge is 0.339 e. The van der Waals surface area contributed by atoms with Gasteiger partial charge in [0, 0.05) is 16.6 Å². The number of ether oxygens (including phenoxy) is 1. The van der Waals surface area contributed by atoms with Gasteiger partial charge >= 0.3 is 11.9 Å². The van der Waals surface area contributed by atoms with Crippen molar-refractivity contribution >= 4 is 45.6 Å². The summed E-state index contributed by atoms with van der Waals surface area (Å²) in [4.78, 5) is 32.7. The van der Waals surface area contributed by atoms with E-state index in [9.17, 15) is 14.7 Å². The van der Waals surface area contributed by atoms with E-state index in [0.29, 0.717) is 22.1 Å². The summed E-state index contributed by atoms with van der Waals surface area (Å²) >= 11 is 6.01. The maximum absolute atomic E-state index is 12.1. The fraction of sp³-hybridized carbons (Fsp3) is 0.250. The number of aromatic carboxylic acids is 1. The number of carbonyl (C=O) groups excluding carboxylic acids is 1. The second-order valence-corrected chi connectivity index (χ2v) is 8.25. The number of carboxylic acid groups (broad SMARTS) is 1. The van der Waals surface area contributed by atoms with Crippen LogP contribution >= 0.6 is 11.6 Å². The predicted octanol–water partition coefficient (Wildman–Crippen LogP) is 3.87. The molecular weight excluding hydrogens is 410 g/mol. The molecule has 30 heavy (non-hydrogen) atoms. The van der Waals surface area contributed by atoms with Crippen molar-refractivity contribution < 1.29 is 19.4 Å². The van der Waals surface area contributed by atoms with Gasteiger partial charge in [-0.1, -0.05) is 11.6 Å². The van der Waals surface area contributed by atoms with Crippen LogP contribution in [0.15, 0.2) is 30.6 Å². The monoisotopic (exact) mass is 427 g/mol. The van der Waals surface area contributed by atoms with Crippen LogP contribution < -0.4 is 0 Å². The zero-order valence-electron chi connectivity index (χ0n) is 16.4. The number of aromatic nitrogens is 5. The van der Waals surface area contributed by atoms with Crippen molar-refractivity contribution in [1.29, 1.82) is 0 Å². The Morgan fingerprint density at radius 2 is 2.07 bits per heavy atom. The third-order valence-corrected chi connectivity index (χ3v) is 4.75. The Hall–Kier alpha value is -3.46. The third-order valence-electron chi connectivity index (χ3n) is 4.51. The minimum Gasteiger partial charge on any atom is -0.478 e. The number of fused-ring (bicyclic) bond motifs is 2. The van der Waals surface area contributed by atoms with Crippen LogP contribution in [0.5, 0.6) is 0 Å². The summed E-state index contributed by atoms with van der Waals surface area (Å²) in [5.41, 5.74) is 1.40. The summed E-state index contributed by atoms with van der Waals surface area (Å²) in [5.74, 6) is -1.57. The molecule has 0 saturated carbocycles. The lowest BCUT2D eigenvalue weighted by Crippen LogP contribution is -2.24. The number of hydrogen-bond donors (Lipinski definition) is 2. The normalized spacial score (nSPS) is 11.9. The minimum absolute atomic E-state index is 0.0472. The Kier molecular flexibility index (Phi) is 4.70. The Labute approximate surface area is 175 Å². The van der Waals surface area contributed by atoms with Gasteiger partial charge in [-0.25, -0.2) is 14.8 Å². The Balaban J connectivity index is 1.77. The number of nitrogens with zero attached hydrogens (tertiary/aromatic N) is 4. The van der Waals surface area contributed by atoms with Crippen LogP contribution in [0.2, 0.25) is 5.02 Å². The summed E-state index contributed by atoms with van der Waals surface area (Å²) in [7, 11) is 0. The van der Waals surface area contributed by atoms with Crippen LogP contribution in [0.3, 0.4) is 0 Å².